The Bertz CT molecular complexity index is 1200. The zero-order valence-electron chi connectivity index (χ0n) is 19.8. The number of nitrogens with one attached hydrogen (secondary N) is 1. The van der Waals surface area contributed by atoms with E-state index in [0.29, 0.717) is 30.3 Å². The number of hydrogen-bond donors (Lipinski definition) is 1. The van der Waals surface area contributed by atoms with Crippen LogP contribution in [0.2, 0.25) is 0 Å². The molecule has 176 valence electrons. The Labute approximate surface area is 205 Å². The van der Waals surface area contributed by atoms with Crippen LogP contribution in [-0.2, 0) is 0 Å². The number of thiazole rings is 1. The van der Waals surface area contributed by atoms with Gasteiger partial charge in [0, 0.05) is 30.6 Å². The Morgan fingerprint density at radius 1 is 1.03 bits per heavy atom. The van der Waals surface area contributed by atoms with Crippen LogP contribution < -0.4 is 5.32 Å². The van der Waals surface area contributed by atoms with Gasteiger partial charge in [-0.3, -0.25) is 9.59 Å². The largest absolute Gasteiger partial charge is 0.350 e. The number of carbonyl (C=O) groups excluding carboxylic acids is 2. The van der Waals surface area contributed by atoms with Crippen LogP contribution in [0.15, 0.2) is 48.5 Å². The van der Waals surface area contributed by atoms with Crippen LogP contribution in [0.1, 0.15) is 75.0 Å². The van der Waals surface area contributed by atoms with E-state index >= 15 is 0 Å². The van der Waals surface area contributed by atoms with Gasteiger partial charge in [-0.15, -0.1) is 11.3 Å². The first-order valence-electron chi connectivity index (χ1n) is 12.2. The lowest BCUT2D eigenvalue weighted by Gasteiger charge is -2.35. The summed E-state index contributed by atoms with van der Waals surface area (Å²) in [6.07, 6.45) is 5.24. The molecule has 6 heteroatoms. The predicted molar refractivity (Wildman–Crippen MR) is 136 cm³/mol. The number of benzene rings is 2. The van der Waals surface area contributed by atoms with Crippen molar-refractivity contribution in [1.82, 2.24) is 15.2 Å². The highest BCUT2D eigenvalue weighted by molar-refractivity contribution is 7.15. The van der Waals surface area contributed by atoms with Gasteiger partial charge in [-0.1, -0.05) is 47.5 Å². The van der Waals surface area contributed by atoms with E-state index in [0.717, 1.165) is 53.1 Å². The molecule has 3 aromatic rings. The van der Waals surface area contributed by atoms with E-state index in [1.807, 2.05) is 36.1 Å². The summed E-state index contributed by atoms with van der Waals surface area (Å²) < 4.78 is 0. The van der Waals surface area contributed by atoms with Crippen molar-refractivity contribution in [3.63, 3.8) is 0 Å². The molecule has 2 aromatic carbocycles. The predicted octanol–water partition coefficient (Wildman–Crippen LogP) is 5.73. The zero-order valence-corrected chi connectivity index (χ0v) is 20.7. The Morgan fingerprint density at radius 2 is 1.82 bits per heavy atom. The van der Waals surface area contributed by atoms with Crippen molar-refractivity contribution in [2.45, 2.75) is 57.9 Å². The fourth-order valence-electron chi connectivity index (χ4n) is 4.60. The molecule has 1 aliphatic heterocycles. The molecule has 1 saturated carbocycles. The van der Waals surface area contributed by atoms with Crippen LogP contribution in [0, 0.1) is 13.8 Å². The number of carbonyl (C=O) groups is 2. The van der Waals surface area contributed by atoms with Gasteiger partial charge in [-0.25, -0.2) is 4.98 Å². The fraction of sp³-hybridized carbons (Fsp3) is 0.393. The number of piperidine rings is 1. The maximum Gasteiger partial charge on any atom is 0.274 e. The third-order valence-corrected chi connectivity index (χ3v) is 8.02. The Kier molecular flexibility index (Phi) is 6.50. The molecule has 34 heavy (non-hydrogen) atoms. The van der Waals surface area contributed by atoms with Crippen molar-refractivity contribution < 1.29 is 9.59 Å². The van der Waals surface area contributed by atoms with Crippen molar-refractivity contribution in [2.75, 3.05) is 13.1 Å². The Morgan fingerprint density at radius 3 is 2.56 bits per heavy atom. The van der Waals surface area contributed by atoms with E-state index in [1.165, 1.54) is 5.56 Å². The summed E-state index contributed by atoms with van der Waals surface area (Å²) in [5.74, 6) is 0.404. The van der Waals surface area contributed by atoms with Crippen molar-refractivity contribution in [3.8, 4) is 10.4 Å². The van der Waals surface area contributed by atoms with Gasteiger partial charge in [0.15, 0.2) is 0 Å². The minimum Gasteiger partial charge on any atom is -0.350 e. The quantitative estimate of drug-likeness (QED) is 0.497. The Balaban J connectivity index is 1.37. The Hall–Kier alpha value is -2.99. The summed E-state index contributed by atoms with van der Waals surface area (Å²) in [5, 5.41) is 4.15. The topological polar surface area (TPSA) is 62.3 Å². The molecule has 0 unspecified atom stereocenters. The third kappa shape index (κ3) is 4.92. The van der Waals surface area contributed by atoms with Crippen LogP contribution >= 0.6 is 11.3 Å². The summed E-state index contributed by atoms with van der Waals surface area (Å²) in [4.78, 5) is 34.4. The first-order chi connectivity index (χ1) is 16.5. The molecule has 1 aromatic heterocycles. The first kappa shape index (κ1) is 22.8. The monoisotopic (exact) mass is 473 g/mol. The van der Waals surface area contributed by atoms with E-state index < -0.39 is 0 Å². The average molecular weight is 474 g/mol. The molecule has 2 heterocycles. The standard InChI is InChI=1S/C28H31N3O2S/c1-18-9-11-20(12-10-18)25-24(30-27(34-25)21-13-14-21)28(33)31-15-4-3-8-23(31)17-29-26(32)22-7-5-6-19(2)16-22/h5-7,9-12,16,21,23H,3-4,8,13-15,17H2,1-2H3,(H,29,32)/t23-/m0/s1. The van der Waals surface area contributed by atoms with Gasteiger partial charge in [0.2, 0.25) is 0 Å². The van der Waals surface area contributed by atoms with Gasteiger partial charge in [-0.05, 0) is 63.6 Å². The number of rotatable bonds is 6. The highest BCUT2D eigenvalue weighted by Crippen LogP contribution is 2.45. The lowest BCUT2D eigenvalue weighted by molar-refractivity contribution is 0.0598. The van der Waals surface area contributed by atoms with E-state index in [2.05, 4.69) is 36.5 Å². The van der Waals surface area contributed by atoms with Crippen LogP contribution in [0.3, 0.4) is 0 Å². The van der Waals surface area contributed by atoms with Gasteiger partial charge < -0.3 is 10.2 Å². The molecule has 2 fully saturated rings. The van der Waals surface area contributed by atoms with Crippen LogP contribution in [0.25, 0.3) is 10.4 Å². The highest BCUT2D eigenvalue weighted by atomic mass is 32.1. The van der Waals surface area contributed by atoms with Gasteiger partial charge in [-0.2, -0.15) is 0 Å². The van der Waals surface area contributed by atoms with Gasteiger partial charge in [0.25, 0.3) is 11.8 Å². The number of amides is 2. The molecule has 5 nitrogen and oxygen atoms in total. The van der Waals surface area contributed by atoms with E-state index in [-0.39, 0.29) is 17.9 Å². The van der Waals surface area contributed by atoms with E-state index in [1.54, 1.807) is 11.3 Å². The van der Waals surface area contributed by atoms with Gasteiger partial charge >= 0.3 is 0 Å². The SMILES string of the molecule is Cc1ccc(-c2sc(C3CC3)nc2C(=O)N2CCCC[C@H]2CNC(=O)c2cccc(C)c2)cc1. The molecule has 1 aliphatic carbocycles. The minimum absolute atomic E-state index is 0.00627. The van der Waals surface area contributed by atoms with Gasteiger partial charge in [0.05, 0.1) is 9.88 Å². The molecular weight excluding hydrogens is 442 g/mol. The zero-order chi connectivity index (χ0) is 23.7. The highest BCUT2D eigenvalue weighted by Gasteiger charge is 2.34. The number of hydrogen-bond acceptors (Lipinski definition) is 4. The fourth-order valence-corrected chi connectivity index (χ4v) is 5.83. The summed E-state index contributed by atoms with van der Waals surface area (Å²) in [6.45, 7) is 5.21. The summed E-state index contributed by atoms with van der Waals surface area (Å²) in [7, 11) is 0. The van der Waals surface area contributed by atoms with E-state index in [4.69, 9.17) is 4.98 Å². The second-order valence-electron chi connectivity index (χ2n) is 9.60. The molecule has 0 spiro atoms. The summed E-state index contributed by atoms with van der Waals surface area (Å²) in [5.41, 5.74) is 4.54. The molecule has 1 atom stereocenters. The number of aryl methyl sites for hydroxylation is 2. The normalized spacial score (nSPS) is 18.1. The van der Waals surface area contributed by atoms with Gasteiger partial charge in [0.1, 0.15) is 5.69 Å². The molecular formula is C28H31N3O2S. The molecule has 2 aliphatic rings. The van der Waals surface area contributed by atoms with E-state index in [9.17, 15) is 9.59 Å². The maximum absolute atomic E-state index is 13.8. The third-order valence-electron chi connectivity index (χ3n) is 6.75. The lowest BCUT2D eigenvalue weighted by Crippen LogP contribution is -2.49. The van der Waals surface area contributed by atoms with Crippen LogP contribution in [0.4, 0.5) is 0 Å². The van der Waals surface area contributed by atoms with Crippen molar-refractivity contribution in [1.29, 1.82) is 0 Å². The molecule has 1 N–H and O–H groups in total. The smallest absolute Gasteiger partial charge is 0.274 e. The molecule has 2 amide bonds. The summed E-state index contributed by atoms with van der Waals surface area (Å²) >= 11 is 1.67. The van der Waals surface area contributed by atoms with Crippen molar-refractivity contribution in [2.24, 2.45) is 0 Å². The van der Waals surface area contributed by atoms with Crippen LogP contribution in [-0.4, -0.2) is 40.8 Å². The second kappa shape index (κ2) is 9.71. The first-order valence-corrected chi connectivity index (χ1v) is 13.0. The number of nitrogens with zero attached hydrogens (tertiary/aromatic N) is 2. The lowest BCUT2D eigenvalue weighted by atomic mass is 10.0. The van der Waals surface area contributed by atoms with Crippen molar-refractivity contribution >= 4 is 23.2 Å². The molecule has 5 rings (SSSR count). The summed E-state index contributed by atoms with van der Waals surface area (Å²) in [6, 6.07) is 15.9. The number of aromatic nitrogens is 1. The molecule has 1 saturated heterocycles. The molecule has 0 bridgehead atoms. The molecule has 0 radical (unpaired) electrons. The van der Waals surface area contributed by atoms with Crippen molar-refractivity contribution in [3.05, 3.63) is 75.9 Å². The maximum atomic E-state index is 13.8. The average Bonchev–Trinajstić information content (AvgIpc) is 3.61. The minimum atomic E-state index is -0.0910. The number of likely N-dealkylation sites (tertiary alicyclic amines) is 1. The van der Waals surface area contributed by atoms with Crippen LogP contribution in [0.5, 0.6) is 0 Å². The second-order valence-corrected chi connectivity index (χ2v) is 10.6.